The summed E-state index contributed by atoms with van der Waals surface area (Å²) in [6.45, 7) is 0.653. The molecule has 0 bridgehead atoms. The Balaban J connectivity index is 1.31. The monoisotopic (exact) mass is 436 g/mol. The van der Waals surface area contributed by atoms with Crippen LogP contribution in [0.5, 0.6) is 11.5 Å². The van der Waals surface area contributed by atoms with Crippen molar-refractivity contribution in [3.05, 3.63) is 75.9 Å². The van der Waals surface area contributed by atoms with Crippen molar-refractivity contribution >= 4 is 22.1 Å². The highest BCUT2D eigenvalue weighted by Crippen LogP contribution is 2.32. The second-order valence-corrected chi connectivity index (χ2v) is 8.16. The van der Waals surface area contributed by atoms with Gasteiger partial charge in [0, 0.05) is 5.39 Å². The molecule has 2 aromatic carbocycles. The normalized spacial score (nSPS) is 13.6. The Morgan fingerprint density at radius 1 is 1.10 bits per heavy atom. The van der Waals surface area contributed by atoms with Gasteiger partial charge in [-0.3, -0.25) is 4.79 Å². The molecule has 1 atom stereocenters. The van der Waals surface area contributed by atoms with E-state index in [0.29, 0.717) is 23.5 Å². The van der Waals surface area contributed by atoms with Crippen LogP contribution in [0.4, 0.5) is 0 Å². The highest BCUT2D eigenvalue weighted by atomic mass is 32.1. The number of aliphatic hydroxyl groups is 1. The first-order valence-corrected chi connectivity index (χ1v) is 10.7. The fraction of sp³-hybridized carbons (Fsp3) is 0.217. The van der Waals surface area contributed by atoms with Gasteiger partial charge >= 0.3 is 0 Å². The summed E-state index contributed by atoms with van der Waals surface area (Å²) in [5, 5.41) is 18.4. The lowest BCUT2D eigenvalue weighted by molar-refractivity contribution is 0.0181. The summed E-state index contributed by atoms with van der Waals surface area (Å²) < 4.78 is 17.6. The Hall–Kier alpha value is -3.20. The lowest BCUT2D eigenvalue weighted by Crippen LogP contribution is -2.31. The van der Waals surface area contributed by atoms with E-state index in [0.717, 1.165) is 21.5 Å². The first-order chi connectivity index (χ1) is 15.2. The summed E-state index contributed by atoms with van der Waals surface area (Å²) in [5.41, 5.74) is 1.42. The van der Waals surface area contributed by atoms with Crippen LogP contribution in [0.1, 0.15) is 5.56 Å². The molecule has 1 N–H and O–H groups in total. The fourth-order valence-corrected chi connectivity index (χ4v) is 4.27. The number of aliphatic hydroxyl groups excluding tert-OH is 1. The van der Waals surface area contributed by atoms with Crippen molar-refractivity contribution in [2.75, 3.05) is 13.4 Å². The number of rotatable bonds is 7. The SMILES string of the molecule is O=c1c2ccccc2c(-c2cccs2)nn1C[C@@H](O)COCc1ccc2c(c1)OCO2. The topological polar surface area (TPSA) is 82.8 Å². The van der Waals surface area contributed by atoms with E-state index in [1.165, 1.54) is 4.68 Å². The van der Waals surface area contributed by atoms with Crippen LogP contribution in [0.15, 0.2) is 64.8 Å². The molecule has 1 aliphatic rings. The molecule has 0 fully saturated rings. The number of hydrogen-bond acceptors (Lipinski definition) is 7. The number of hydrogen-bond donors (Lipinski definition) is 1. The second-order valence-electron chi connectivity index (χ2n) is 7.22. The minimum absolute atomic E-state index is 0.0448. The quantitative estimate of drug-likeness (QED) is 0.478. The molecule has 0 saturated carbocycles. The molecule has 0 unspecified atom stereocenters. The van der Waals surface area contributed by atoms with Crippen molar-refractivity contribution < 1.29 is 19.3 Å². The molecule has 0 saturated heterocycles. The van der Waals surface area contributed by atoms with Crippen LogP contribution in [0.2, 0.25) is 0 Å². The van der Waals surface area contributed by atoms with Gasteiger partial charge in [-0.2, -0.15) is 5.10 Å². The van der Waals surface area contributed by atoms with E-state index in [-0.39, 0.29) is 25.5 Å². The van der Waals surface area contributed by atoms with E-state index in [9.17, 15) is 9.90 Å². The molecule has 5 rings (SSSR count). The predicted molar refractivity (Wildman–Crippen MR) is 118 cm³/mol. The van der Waals surface area contributed by atoms with Gasteiger partial charge in [-0.05, 0) is 35.2 Å². The highest BCUT2D eigenvalue weighted by Gasteiger charge is 2.16. The van der Waals surface area contributed by atoms with Gasteiger partial charge in [0.25, 0.3) is 5.56 Å². The van der Waals surface area contributed by atoms with Crippen LogP contribution in [-0.4, -0.2) is 34.4 Å². The molecule has 0 amide bonds. The van der Waals surface area contributed by atoms with Crippen molar-refractivity contribution in [3.8, 4) is 22.1 Å². The van der Waals surface area contributed by atoms with E-state index >= 15 is 0 Å². The van der Waals surface area contributed by atoms with Crippen molar-refractivity contribution in [2.45, 2.75) is 19.3 Å². The molecule has 4 aromatic rings. The maximum atomic E-state index is 12.9. The van der Waals surface area contributed by atoms with Crippen LogP contribution in [0.3, 0.4) is 0 Å². The molecule has 0 spiro atoms. The molecule has 8 heteroatoms. The minimum atomic E-state index is -0.878. The molecule has 3 heterocycles. The average molecular weight is 436 g/mol. The van der Waals surface area contributed by atoms with Crippen LogP contribution in [-0.2, 0) is 17.9 Å². The number of nitrogens with zero attached hydrogens (tertiary/aromatic N) is 2. The van der Waals surface area contributed by atoms with Gasteiger partial charge < -0.3 is 19.3 Å². The highest BCUT2D eigenvalue weighted by molar-refractivity contribution is 7.13. The summed E-state index contributed by atoms with van der Waals surface area (Å²) in [6.07, 6.45) is -0.878. The predicted octanol–water partition coefficient (Wildman–Crippen LogP) is 3.43. The Morgan fingerprint density at radius 3 is 2.77 bits per heavy atom. The number of ether oxygens (including phenoxy) is 3. The van der Waals surface area contributed by atoms with E-state index < -0.39 is 6.10 Å². The number of thiophene rings is 1. The zero-order chi connectivity index (χ0) is 21.2. The number of aromatic nitrogens is 2. The lowest BCUT2D eigenvalue weighted by atomic mass is 10.1. The summed E-state index contributed by atoms with van der Waals surface area (Å²) in [6, 6.07) is 16.9. The van der Waals surface area contributed by atoms with Crippen LogP contribution in [0, 0.1) is 0 Å². The zero-order valence-electron chi connectivity index (χ0n) is 16.6. The van der Waals surface area contributed by atoms with Crippen molar-refractivity contribution in [1.82, 2.24) is 9.78 Å². The molecule has 158 valence electrons. The maximum absolute atomic E-state index is 12.9. The van der Waals surface area contributed by atoms with Crippen molar-refractivity contribution in [2.24, 2.45) is 0 Å². The van der Waals surface area contributed by atoms with Crippen molar-refractivity contribution in [3.63, 3.8) is 0 Å². The fourth-order valence-electron chi connectivity index (χ4n) is 3.55. The van der Waals surface area contributed by atoms with Gasteiger partial charge in [-0.25, -0.2) is 4.68 Å². The Labute approximate surface area is 182 Å². The summed E-state index contributed by atoms with van der Waals surface area (Å²) >= 11 is 1.56. The minimum Gasteiger partial charge on any atom is -0.454 e. The van der Waals surface area contributed by atoms with E-state index in [4.69, 9.17) is 14.2 Å². The standard InChI is InChI=1S/C23H20N2O5S/c26-16(13-28-12-15-7-8-19-20(10-15)30-14-29-19)11-25-23(27)18-5-2-1-4-17(18)22(24-25)21-6-3-9-31-21/h1-10,16,26H,11-14H2/t16-/m1/s1. The molecular weight excluding hydrogens is 416 g/mol. The molecule has 31 heavy (non-hydrogen) atoms. The van der Waals surface area contributed by atoms with Gasteiger partial charge in [0.2, 0.25) is 6.79 Å². The molecule has 0 radical (unpaired) electrons. The Morgan fingerprint density at radius 2 is 1.94 bits per heavy atom. The van der Waals surface area contributed by atoms with E-state index in [2.05, 4.69) is 5.10 Å². The largest absolute Gasteiger partial charge is 0.454 e. The van der Waals surface area contributed by atoms with Crippen LogP contribution < -0.4 is 15.0 Å². The number of fused-ring (bicyclic) bond motifs is 2. The smallest absolute Gasteiger partial charge is 0.274 e. The van der Waals surface area contributed by atoms with E-state index in [1.807, 2.05) is 53.9 Å². The van der Waals surface area contributed by atoms with Gasteiger partial charge in [0.1, 0.15) is 5.69 Å². The molecule has 2 aromatic heterocycles. The van der Waals surface area contributed by atoms with Gasteiger partial charge in [0.15, 0.2) is 11.5 Å². The Kier molecular flexibility index (Phi) is 5.42. The second kappa shape index (κ2) is 8.50. The lowest BCUT2D eigenvalue weighted by Gasteiger charge is -2.14. The average Bonchev–Trinajstić information content (AvgIpc) is 3.47. The Bertz CT molecular complexity index is 1270. The molecule has 7 nitrogen and oxygen atoms in total. The first kappa shape index (κ1) is 19.7. The van der Waals surface area contributed by atoms with Crippen LogP contribution >= 0.6 is 11.3 Å². The third-order valence-electron chi connectivity index (χ3n) is 5.02. The third-order valence-corrected chi connectivity index (χ3v) is 5.90. The summed E-state index contributed by atoms with van der Waals surface area (Å²) in [5.74, 6) is 1.40. The van der Waals surface area contributed by atoms with Gasteiger partial charge in [-0.15, -0.1) is 11.3 Å². The zero-order valence-corrected chi connectivity index (χ0v) is 17.4. The molecule has 0 aliphatic carbocycles. The van der Waals surface area contributed by atoms with E-state index in [1.54, 1.807) is 17.4 Å². The van der Waals surface area contributed by atoms with Crippen LogP contribution in [0.25, 0.3) is 21.3 Å². The van der Waals surface area contributed by atoms with Gasteiger partial charge in [-0.1, -0.05) is 30.3 Å². The maximum Gasteiger partial charge on any atom is 0.274 e. The third kappa shape index (κ3) is 4.05. The first-order valence-electron chi connectivity index (χ1n) is 9.87. The molecular formula is C23H20N2O5S. The van der Waals surface area contributed by atoms with Crippen molar-refractivity contribution in [1.29, 1.82) is 0 Å². The van der Waals surface area contributed by atoms with Gasteiger partial charge in [0.05, 0.1) is 36.1 Å². The molecule has 1 aliphatic heterocycles. The summed E-state index contributed by atoms with van der Waals surface area (Å²) in [7, 11) is 0. The summed E-state index contributed by atoms with van der Waals surface area (Å²) in [4.78, 5) is 13.9. The number of benzene rings is 2.